The van der Waals surface area contributed by atoms with Crippen LogP contribution in [-0.2, 0) is 14.4 Å². The Balaban J connectivity index is 1.62. The second-order valence-electron chi connectivity index (χ2n) is 5.19. The predicted molar refractivity (Wildman–Crippen MR) is 71.1 cm³/mol. The van der Waals surface area contributed by atoms with Crippen LogP contribution in [0.5, 0.6) is 0 Å². The van der Waals surface area contributed by atoms with Crippen LogP contribution in [0.3, 0.4) is 0 Å². The number of hydroxylamine groups is 2. The molecule has 0 aliphatic carbocycles. The minimum absolute atomic E-state index is 0.135. The highest BCUT2D eigenvalue weighted by Gasteiger charge is 2.32. The largest absolute Gasteiger partial charge is 0.362 e. The molecule has 0 radical (unpaired) electrons. The van der Waals surface area contributed by atoms with Crippen LogP contribution in [0.4, 0.5) is 0 Å². The lowest BCUT2D eigenvalue weighted by Crippen LogP contribution is -2.55. The van der Waals surface area contributed by atoms with E-state index in [-0.39, 0.29) is 12.0 Å². The maximum Gasteiger partial charge on any atom is 0.223 e. The topological polar surface area (TPSA) is 42.0 Å². The Morgan fingerprint density at radius 2 is 2.05 bits per heavy atom. The lowest BCUT2D eigenvalue weighted by Gasteiger charge is -2.39. The number of amides is 1. The molecule has 0 aromatic rings. The maximum atomic E-state index is 12.0. The number of ether oxygens (including phenoxy) is 1. The van der Waals surface area contributed by atoms with Crippen LogP contribution in [-0.4, -0.2) is 61.9 Å². The van der Waals surface area contributed by atoms with Crippen molar-refractivity contribution in [3.63, 3.8) is 0 Å². The van der Waals surface area contributed by atoms with Gasteiger partial charge in [-0.25, -0.2) is 0 Å². The number of piperidine rings is 1. The van der Waals surface area contributed by atoms with Crippen LogP contribution in [0.1, 0.15) is 19.3 Å². The lowest BCUT2D eigenvalue weighted by atomic mass is 9.93. The molecule has 0 saturated carbocycles. The standard InChI is InChI=1S/C14H22N2O3/c1-3-8-19-13-10-15(11-13)14(17)9-12-4-6-16(18-2)7-5-12/h1,12-13H,4-11H2,2H3. The first kappa shape index (κ1) is 14.3. The third kappa shape index (κ3) is 3.93. The van der Waals surface area contributed by atoms with Crippen molar-refractivity contribution in [2.75, 3.05) is 39.9 Å². The first-order valence-corrected chi connectivity index (χ1v) is 6.84. The molecule has 0 atom stereocenters. The number of hydrogen-bond acceptors (Lipinski definition) is 4. The smallest absolute Gasteiger partial charge is 0.223 e. The van der Waals surface area contributed by atoms with Gasteiger partial charge in [0, 0.05) is 32.6 Å². The van der Waals surface area contributed by atoms with E-state index in [1.807, 2.05) is 9.96 Å². The predicted octanol–water partition coefficient (Wildman–Crippen LogP) is 0.511. The fourth-order valence-corrected chi connectivity index (χ4v) is 2.59. The zero-order valence-corrected chi connectivity index (χ0v) is 11.5. The van der Waals surface area contributed by atoms with Gasteiger partial charge in [-0.3, -0.25) is 4.79 Å². The van der Waals surface area contributed by atoms with E-state index in [1.54, 1.807) is 7.11 Å². The minimum Gasteiger partial charge on any atom is -0.362 e. The molecular formula is C14H22N2O3. The number of hydrogen-bond donors (Lipinski definition) is 0. The third-order valence-corrected chi connectivity index (χ3v) is 3.90. The summed E-state index contributed by atoms with van der Waals surface area (Å²) >= 11 is 0. The molecule has 106 valence electrons. The molecular weight excluding hydrogens is 244 g/mol. The number of likely N-dealkylation sites (tertiary alicyclic amines) is 1. The van der Waals surface area contributed by atoms with Crippen LogP contribution in [0.25, 0.3) is 0 Å². The molecule has 0 bridgehead atoms. The number of rotatable bonds is 5. The summed E-state index contributed by atoms with van der Waals surface area (Å²) < 4.78 is 5.37. The zero-order valence-electron chi connectivity index (χ0n) is 11.5. The van der Waals surface area contributed by atoms with Gasteiger partial charge in [0.05, 0.1) is 13.2 Å². The monoisotopic (exact) mass is 266 g/mol. The van der Waals surface area contributed by atoms with Crippen LogP contribution < -0.4 is 0 Å². The van der Waals surface area contributed by atoms with Gasteiger partial charge in [-0.1, -0.05) is 5.92 Å². The first-order chi connectivity index (χ1) is 9.22. The van der Waals surface area contributed by atoms with Crippen molar-refractivity contribution >= 4 is 5.91 Å². The molecule has 1 amide bonds. The second-order valence-corrected chi connectivity index (χ2v) is 5.19. The second kappa shape index (κ2) is 6.90. The van der Waals surface area contributed by atoms with Gasteiger partial charge in [0.15, 0.2) is 0 Å². The summed E-state index contributed by atoms with van der Waals surface area (Å²) in [6.07, 6.45) is 7.98. The minimum atomic E-state index is 0.135. The van der Waals surface area contributed by atoms with E-state index >= 15 is 0 Å². The van der Waals surface area contributed by atoms with Gasteiger partial charge >= 0.3 is 0 Å². The molecule has 0 N–H and O–H groups in total. The van der Waals surface area contributed by atoms with Gasteiger partial charge in [-0.2, -0.15) is 5.06 Å². The van der Waals surface area contributed by atoms with Crippen molar-refractivity contribution in [2.45, 2.75) is 25.4 Å². The fourth-order valence-electron chi connectivity index (χ4n) is 2.59. The molecule has 2 aliphatic heterocycles. The summed E-state index contributed by atoms with van der Waals surface area (Å²) in [4.78, 5) is 19.1. The summed E-state index contributed by atoms with van der Waals surface area (Å²) in [7, 11) is 1.70. The fraction of sp³-hybridized carbons (Fsp3) is 0.786. The van der Waals surface area contributed by atoms with Crippen molar-refractivity contribution in [1.82, 2.24) is 9.96 Å². The Hall–Kier alpha value is -1.09. The van der Waals surface area contributed by atoms with E-state index in [0.29, 0.717) is 32.0 Å². The quantitative estimate of drug-likeness (QED) is 0.680. The molecule has 2 aliphatic rings. The average Bonchev–Trinajstić information content (AvgIpc) is 2.38. The molecule has 0 unspecified atom stereocenters. The highest BCUT2D eigenvalue weighted by Crippen LogP contribution is 2.23. The molecule has 0 spiro atoms. The van der Waals surface area contributed by atoms with Crippen LogP contribution in [0.2, 0.25) is 0 Å². The van der Waals surface area contributed by atoms with Gasteiger partial charge in [0.1, 0.15) is 6.61 Å². The first-order valence-electron chi connectivity index (χ1n) is 6.84. The molecule has 2 fully saturated rings. The van der Waals surface area contributed by atoms with E-state index < -0.39 is 0 Å². The highest BCUT2D eigenvalue weighted by atomic mass is 16.7. The van der Waals surface area contributed by atoms with Crippen molar-refractivity contribution < 1.29 is 14.4 Å². The lowest BCUT2D eigenvalue weighted by molar-refractivity contribution is -0.155. The van der Waals surface area contributed by atoms with E-state index in [4.69, 9.17) is 16.0 Å². The zero-order chi connectivity index (χ0) is 13.7. The normalized spacial score (nSPS) is 22.0. The van der Waals surface area contributed by atoms with E-state index in [0.717, 1.165) is 25.9 Å². The van der Waals surface area contributed by atoms with Gasteiger partial charge in [0.25, 0.3) is 0 Å². The van der Waals surface area contributed by atoms with E-state index in [1.165, 1.54) is 0 Å². The van der Waals surface area contributed by atoms with E-state index in [2.05, 4.69) is 5.92 Å². The molecule has 2 rings (SSSR count). The maximum absolute atomic E-state index is 12.0. The molecule has 0 aromatic carbocycles. The van der Waals surface area contributed by atoms with Crippen molar-refractivity contribution in [2.24, 2.45) is 5.92 Å². The van der Waals surface area contributed by atoms with Gasteiger partial charge in [-0.15, -0.1) is 6.42 Å². The van der Waals surface area contributed by atoms with Gasteiger partial charge in [-0.05, 0) is 18.8 Å². The number of carbonyl (C=O) groups excluding carboxylic acids is 1. The molecule has 0 aromatic heterocycles. The molecule has 5 heteroatoms. The van der Waals surface area contributed by atoms with Crippen molar-refractivity contribution in [1.29, 1.82) is 0 Å². The van der Waals surface area contributed by atoms with E-state index in [9.17, 15) is 4.79 Å². The number of nitrogens with zero attached hydrogens (tertiary/aromatic N) is 2. The Bertz CT molecular complexity index is 339. The molecule has 2 saturated heterocycles. The molecule has 19 heavy (non-hydrogen) atoms. The van der Waals surface area contributed by atoms with Crippen LogP contribution in [0, 0.1) is 18.3 Å². The summed E-state index contributed by atoms with van der Waals surface area (Å²) in [5, 5.41) is 1.95. The Morgan fingerprint density at radius 1 is 1.37 bits per heavy atom. The summed E-state index contributed by atoms with van der Waals surface area (Å²) in [6, 6.07) is 0. The number of carbonyl (C=O) groups is 1. The van der Waals surface area contributed by atoms with Crippen LogP contribution >= 0.6 is 0 Å². The number of terminal acetylenes is 1. The van der Waals surface area contributed by atoms with Gasteiger partial charge < -0.3 is 14.5 Å². The van der Waals surface area contributed by atoms with Crippen LogP contribution in [0.15, 0.2) is 0 Å². The third-order valence-electron chi connectivity index (χ3n) is 3.90. The van der Waals surface area contributed by atoms with Crippen molar-refractivity contribution in [3.8, 4) is 12.3 Å². The Morgan fingerprint density at radius 3 is 2.63 bits per heavy atom. The summed E-state index contributed by atoms with van der Waals surface area (Å²) in [5.74, 6) is 3.18. The van der Waals surface area contributed by atoms with Gasteiger partial charge in [0.2, 0.25) is 5.91 Å². The Kier molecular flexibility index (Phi) is 5.20. The summed E-state index contributed by atoms with van der Waals surface area (Å²) in [6.45, 7) is 3.56. The van der Waals surface area contributed by atoms with Crippen molar-refractivity contribution in [3.05, 3.63) is 0 Å². The average molecular weight is 266 g/mol. The Labute approximate surface area is 114 Å². The molecule has 5 nitrogen and oxygen atoms in total. The highest BCUT2D eigenvalue weighted by molar-refractivity contribution is 5.77. The molecule has 2 heterocycles. The summed E-state index contributed by atoms with van der Waals surface area (Å²) in [5.41, 5.74) is 0. The SMILES string of the molecule is C#CCOC1CN(C(=O)CC2CCN(OC)CC2)C1.